The number of rotatable bonds is 6. The molecule has 0 aliphatic carbocycles. The molecule has 0 aliphatic heterocycles. The molecule has 0 saturated carbocycles. The Labute approximate surface area is 128 Å². The Balaban J connectivity index is 1.53. The van der Waals surface area contributed by atoms with Gasteiger partial charge in [-0.2, -0.15) is 4.98 Å². The van der Waals surface area contributed by atoms with Gasteiger partial charge < -0.3 is 9.15 Å². The minimum Gasteiger partial charge on any atom is -0.450 e. The first kappa shape index (κ1) is 14.3. The Hall–Kier alpha value is -2.62. The number of hydrogen-bond donors (Lipinski definition) is 0. The summed E-state index contributed by atoms with van der Waals surface area (Å²) in [6.07, 6.45) is 2.96. The third kappa shape index (κ3) is 3.52. The molecule has 1 heterocycles. The zero-order chi connectivity index (χ0) is 15.2. The first-order valence-electron chi connectivity index (χ1n) is 7.39. The molecule has 2 aromatic carbocycles. The zero-order valence-electron chi connectivity index (χ0n) is 12.2. The molecule has 0 atom stereocenters. The Morgan fingerprint density at radius 1 is 0.955 bits per heavy atom. The summed E-state index contributed by atoms with van der Waals surface area (Å²) in [7, 11) is 0. The average Bonchev–Trinajstić information content (AvgIpc) is 2.56. The third-order valence-corrected chi connectivity index (χ3v) is 3.44. The molecule has 3 rings (SSSR count). The van der Waals surface area contributed by atoms with E-state index in [2.05, 4.69) is 17.1 Å². The number of aromatic nitrogens is 1. The van der Waals surface area contributed by atoms with Crippen LogP contribution in [0.5, 0.6) is 6.08 Å². The molecule has 0 N–H and O–H groups in total. The van der Waals surface area contributed by atoms with Crippen LogP contribution in [0.25, 0.3) is 10.9 Å². The molecule has 0 bridgehead atoms. The lowest BCUT2D eigenvalue weighted by Gasteiger charge is -2.04. The number of para-hydroxylation sites is 1. The summed E-state index contributed by atoms with van der Waals surface area (Å²) in [6.45, 7) is 0.487. The van der Waals surface area contributed by atoms with E-state index in [1.54, 1.807) is 18.2 Å². The second-order valence-corrected chi connectivity index (χ2v) is 5.08. The molecular weight excluding hydrogens is 278 g/mol. The van der Waals surface area contributed by atoms with Gasteiger partial charge in [-0.15, -0.1) is 0 Å². The van der Waals surface area contributed by atoms with Gasteiger partial charge in [0.15, 0.2) is 0 Å². The topological polar surface area (TPSA) is 52.3 Å². The van der Waals surface area contributed by atoms with Gasteiger partial charge in [0, 0.05) is 0 Å². The summed E-state index contributed by atoms with van der Waals surface area (Å²) >= 11 is 0. The molecule has 22 heavy (non-hydrogen) atoms. The van der Waals surface area contributed by atoms with Crippen molar-refractivity contribution in [3.8, 4) is 6.08 Å². The van der Waals surface area contributed by atoms with E-state index < -0.39 is 5.63 Å². The van der Waals surface area contributed by atoms with Crippen LogP contribution in [-0.4, -0.2) is 11.6 Å². The predicted octanol–water partition coefficient (Wildman–Crippen LogP) is 3.59. The van der Waals surface area contributed by atoms with Crippen molar-refractivity contribution in [3.63, 3.8) is 0 Å². The number of unbranched alkanes of at least 4 members (excludes halogenated alkanes) is 1. The van der Waals surface area contributed by atoms with Crippen LogP contribution in [-0.2, 0) is 6.42 Å². The van der Waals surface area contributed by atoms with Crippen LogP contribution in [0.15, 0.2) is 63.8 Å². The smallest absolute Gasteiger partial charge is 0.397 e. The summed E-state index contributed by atoms with van der Waals surface area (Å²) < 4.78 is 10.5. The largest absolute Gasteiger partial charge is 0.450 e. The van der Waals surface area contributed by atoms with Gasteiger partial charge in [-0.3, -0.25) is 0 Å². The Morgan fingerprint density at radius 2 is 1.73 bits per heavy atom. The highest BCUT2D eigenvalue weighted by Gasteiger charge is 2.06. The molecule has 3 aromatic rings. The molecular formula is C18H17NO3. The summed E-state index contributed by atoms with van der Waals surface area (Å²) in [5, 5.41) is 0.471. The van der Waals surface area contributed by atoms with Crippen molar-refractivity contribution in [2.24, 2.45) is 0 Å². The Kier molecular flexibility index (Phi) is 4.49. The molecule has 0 amide bonds. The summed E-state index contributed by atoms with van der Waals surface area (Å²) in [4.78, 5) is 16.0. The van der Waals surface area contributed by atoms with Crippen molar-refractivity contribution >= 4 is 10.9 Å². The highest BCUT2D eigenvalue weighted by molar-refractivity contribution is 5.76. The van der Waals surface area contributed by atoms with E-state index in [0.29, 0.717) is 17.5 Å². The van der Waals surface area contributed by atoms with Crippen LogP contribution in [0, 0.1) is 0 Å². The van der Waals surface area contributed by atoms with Crippen molar-refractivity contribution < 1.29 is 9.15 Å². The van der Waals surface area contributed by atoms with Gasteiger partial charge in [0.25, 0.3) is 0 Å². The summed E-state index contributed by atoms with van der Waals surface area (Å²) in [5.74, 6) is 0. The lowest BCUT2D eigenvalue weighted by molar-refractivity contribution is 0.212. The van der Waals surface area contributed by atoms with Gasteiger partial charge in [-0.25, -0.2) is 4.79 Å². The van der Waals surface area contributed by atoms with Crippen LogP contribution in [0.2, 0.25) is 0 Å². The van der Waals surface area contributed by atoms with Gasteiger partial charge in [0.1, 0.15) is 0 Å². The second-order valence-electron chi connectivity index (χ2n) is 5.08. The quantitative estimate of drug-likeness (QED) is 0.652. The zero-order valence-corrected chi connectivity index (χ0v) is 12.2. The maximum Gasteiger partial charge on any atom is 0.397 e. The van der Waals surface area contributed by atoms with Crippen molar-refractivity contribution in [3.05, 3.63) is 70.6 Å². The molecule has 1 aromatic heterocycles. The number of ether oxygens (including phenoxy) is 1. The van der Waals surface area contributed by atoms with E-state index in [1.807, 2.05) is 24.3 Å². The first-order valence-corrected chi connectivity index (χ1v) is 7.39. The van der Waals surface area contributed by atoms with Crippen LogP contribution >= 0.6 is 0 Å². The van der Waals surface area contributed by atoms with E-state index >= 15 is 0 Å². The van der Waals surface area contributed by atoms with Crippen LogP contribution < -0.4 is 10.4 Å². The van der Waals surface area contributed by atoms with E-state index in [9.17, 15) is 4.79 Å². The van der Waals surface area contributed by atoms with E-state index in [-0.39, 0.29) is 6.08 Å². The standard InChI is InChI=1S/C18H17NO3/c20-17-15-11-4-5-12-16(15)19-18(22-17)21-13-7-6-10-14-8-2-1-3-9-14/h1-5,8-9,11-12H,6-7,10,13H2. The van der Waals surface area contributed by atoms with E-state index in [0.717, 1.165) is 19.3 Å². The number of aryl methyl sites for hydroxylation is 1. The fraction of sp³-hybridized carbons (Fsp3) is 0.222. The van der Waals surface area contributed by atoms with Gasteiger partial charge >= 0.3 is 11.7 Å². The van der Waals surface area contributed by atoms with Crippen LogP contribution in [0.1, 0.15) is 18.4 Å². The van der Waals surface area contributed by atoms with Crippen molar-refractivity contribution in [1.29, 1.82) is 0 Å². The van der Waals surface area contributed by atoms with Gasteiger partial charge in [0.2, 0.25) is 0 Å². The normalized spacial score (nSPS) is 10.7. The van der Waals surface area contributed by atoms with Crippen LogP contribution in [0.4, 0.5) is 0 Å². The summed E-state index contributed by atoms with van der Waals surface area (Å²) in [5.41, 5.74) is 1.50. The SMILES string of the molecule is O=c1oc(OCCCCc2ccccc2)nc2ccccc12. The molecule has 4 heteroatoms. The fourth-order valence-corrected chi connectivity index (χ4v) is 2.30. The highest BCUT2D eigenvalue weighted by atomic mass is 16.6. The molecule has 4 nitrogen and oxygen atoms in total. The van der Waals surface area contributed by atoms with Gasteiger partial charge in [0.05, 0.1) is 17.5 Å². The maximum absolute atomic E-state index is 11.8. The predicted molar refractivity (Wildman–Crippen MR) is 85.2 cm³/mol. The molecule has 0 unspecified atom stereocenters. The van der Waals surface area contributed by atoms with E-state index in [1.165, 1.54) is 5.56 Å². The van der Waals surface area contributed by atoms with Gasteiger partial charge in [-0.05, 0) is 37.0 Å². The number of fused-ring (bicyclic) bond motifs is 1. The second kappa shape index (κ2) is 6.89. The molecule has 0 fully saturated rings. The lowest BCUT2D eigenvalue weighted by Crippen LogP contribution is -2.06. The summed E-state index contributed by atoms with van der Waals surface area (Å²) in [6, 6.07) is 17.4. The average molecular weight is 295 g/mol. The molecule has 0 saturated heterocycles. The minimum atomic E-state index is -0.412. The fourth-order valence-electron chi connectivity index (χ4n) is 2.30. The maximum atomic E-state index is 11.8. The number of benzene rings is 2. The lowest BCUT2D eigenvalue weighted by atomic mass is 10.1. The van der Waals surface area contributed by atoms with Crippen LogP contribution in [0.3, 0.4) is 0 Å². The van der Waals surface area contributed by atoms with Gasteiger partial charge in [-0.1, -0.05) is 42.5 Å². The number of nitrogens with zero attached hydrogens (tertiary/aromatic N) is 1. The van der Waals surface area contributed by atoms with Crippen molar-refractivity contribution in [2.45, 2.75) is 19.3 Å². The Bertz CT molecular complexity index is 796. The molecule has 0 spiro atoms. The Morgan fingerprint density at radius 3 is 2.59 bits per heavy atom. The monoisotopic (exact) mass is 295 g/mol. The highest BCUT2D eigenvalue weighted by Crippen LogP contribution is 2.12. The number of hydrogen-bond acceptors (Lipinski definition) is 4. The van der Waals surface area contributed by atoms with Crippen molar-refractivity contribution in [1.82, 2.24) is 4.98 Å². The molecule has 112 valence electrons. The third-order valence-electron chi connectivity index (χ3n) is 3.44. The van der Waals surface area contributed by atoms with Crippen molar-refractivity contribution in [2.75, 3.05) is 6.61 Å². The first-order chi connectivity index (χ1) is 10.8. The minimum absolute atomic E-state index is 0.0448. The van der Waals surface area contributed by atoms with E-state index in [4.69, 9.17) is 9.15 Å². The molecule has 0 aliphatic rings. The molecule has 0 radical (unpaired) electrons.